The highest BCUT2D eigenvalue weighted by atomic mass is 35.5. The van der Waals surface area contributed by atoms with Crippen molar-refractivity contribution < 1.29 is 13.2 Å². The molecule has 1 heterocycles. The summed E-state index contributed by atoms with van der Waals surface area (Å²) in [5, 5.41) is 8.96. The molecule has 0 unspecified atom stereocenters. The van der Waals surface area contributed by atoms with Crippen molar-refractivity contribution in [1.82, 2.24) is 10.2 Å². The zero-order valence-corrected chi connectivity index (χ0v) is 14.8. The van der Waals surface area contributed by atoms with Crippen LogP contribution in [0.5, 0.6) is 5.75 Å². The Labute approximate surface area is 148 Å². The SMILES string of the molecule is COc1ccc(Cl)cc1S(=O)(=O)Nc1nnc(-c2ccccc2)s1. The molecule has 0 aliphatic carbocycles. The molecule has 0 aliphatic heterocycles. The maximum Gasteiger partial charge on any atom is 0.267 e. The van der Waals surface area contributed by atoms with E-state index in [1.54, 1.807) is 6.07 Å². The van der Waals surface area contributed by atoms with Crippen LogP contribution in [-0.2, 0) is 10.0 Å². The summed E-state index contributed by atoms with van der Waals surface area (Å²) in [4.78, 5) is -0.0611. The van der Waals surface area contributed by atoms with Crippen LogP contribution >= 0.6 is 22.9 Å². The third-order valence-corrected chi connectivity index (χ3v) is 5.69. The Hall–Kier alpha value is -2.16. The lowest BCUT2D eigenvalue weighted by atomic mass is 10.2. The topological polar surface area (TPSA) is 81.2 Å². The van der Waals surface area contributed by atoms with Gasteiger partial charge in [-0.25, -0.2) is 8.42 Å². The number of benzene rings is 2. The minimum absolute atomic E-state index is 0.0611. The second kappa shape index (κ2) is 6.76. The summed E-state index contributed by atoms with van der Waals surface area (Å²) < 4.78 is 32.6. The highest BCUT2D eigenvalue weighted by molar-refractivity contribution is 7.93. The molecule has 0 saturated carbocycles. The molecule has 3 aromatic rings. The number of methoxy groups -OCH3 is 1. The average Bonchev–Trinajstić information content (AvgIpc) is 3.03. The molecule has 24 heavy (non-hydrogen) atoms. The summed E-state index contributed by atoms with van der Waals surface area (Å²) in [7, 11) is -2.51. The van der Waals surface area contributed by atoms with Crippen molar-refractivity contribution in [1.29, 1.82) is 0 Å². The molecule has 0 spiro atoms. The Morgan fingerprint density at radius 1 is 1.12 bits per heavy atom. The lowest BCUT2D eigenvalue weighted by Gasteiger charge is -2.09. The molecule has 0 aliphatic rings. The number of rotatable bonds is 5. The van der Waals surface area contributed by atoms with Gasteiger partial charge in [0.1, 0.15) is 15.7 Å². The van der Waals surface area contributed by atoms with Gasteiger partial charge in [0.2, 0.25) is 5.13 Å². The Kier molecular flexibility index (Phi) is 4.70. The molecule has 0 saturated heterocycles. The Morgan fingerprint density at radius 3 is 2.58 bits per heavy atom. The van der Waals surface area contributed by atoms with Crippen molar-refractivity contribution >= 4 is 38.1 Å². The van der Waals surface area contributed by atoms with Gasteiger partial charge >= 0.3 is 0 Å². The second-order valence-corrected chi connectivity index (χ2v) is 7.74. The van der Waals surface area contributed by atoms with E-state index in [9.17, 15) is 8.42 Å². The third-order valence-electron chi connectivity index (χ3n) is 3.08. The van der Waals surface area contributed by atoms with Crippen molar-refractivity contribution in [2.24, 2.45) is 0 Å². The van der Waals surface area contributed by atoms with Crippen molar-refractivity contribution in [3.05, 3.63) is 53.6 Å². The first-order chi connectivity index (χ1) is 11.5. The molecule has 2 aromatic carbocycles. The number of hydrogen-bond acceptors (Lipinski definition) is 6. The van der Waals surface area contributed by atoms with E-state index in [2.05, 4.69) is 14.9 Å². The normalized spacial score (nSPS) is 11.2. The zero-order valence-electron chi connectivity index (χ0n) is 12.4. The molecule has 1 N–H and O–H groups in total. The Bertz CT molecular complexity index is 959. The van der Waals surface area contributed by atoms with E-state index in [-0.39, 0.29) is 15.8 Å². The van der Waals surface area contributed by atoms with Gasteiger partial charge in [-0.2, -0.15) is 0 Å². The van der Waals surface area contributed by atoms with Gasteiger partial charge in [-0.1, -0.05) is 53.3 Å². The number of sulfonamides is 1. The summed E-state index contributed by atoms with van der Waals surface area (Å²) in [6.45, 7) is 0. The molecule has 0 bridgehead atoms. The fourth-order valence-corrected chi connectivity index (χ4v) is 4.40. The molecule has 9 heteroatoms. The summed E-state index contributed by atoms with van der Waals surface area (Å²) in [5.41, 5.74) is 0.862. The quantitative estimate of drug-likeness (QED) is 0.729. The van der Waals surface area contributed by atoms with Crippen LogP contribution in [0, 0.1) is 0 Å². The number of aromatic nitrogens is 2. The number of nitrogens with one attached hydrogen (secondary N) is 1. The second-order valence-electron chi connectivity index (χ2n) is 4.68. The van der Waals surface area contributed by atoms with Crippen LogP contribution in [0.15, 0.2) is 53.4 Å². The molecule has 0 radical (unpaired) electrons. The zero-order chi connectivity index (χ0) is 17.2. The molecule has 0 atom stereocenters. The molecule has 3 rings (SSSR count). The Balaban J connectivity index is 1.91. The number of anilines is 1. The maximum absolute atomic E-state index is 12.6. The van der Waals surface area contributed by atoms with Crippen LogP contribution in [0.4, 0.5) is 5.13 Å². The van der Waals surface area contributed by atoms with E-state index in [0.29, 0.717) is 10.0 Å². The minimum Gasteiger partial charge on any atom is -0.495 e. The lowest BCUT2D eigenvalue weighted by Crippen LogP contribution is -2.14. The first-order valence-corrected chi connectivity index (χ1v) is 9.42. The van der Waals surface area contributed by atoms with E-state index in [1.807, 2.05) is 30.3 Å². The van der Waals surface area contributed by atoms with Gasteiger partial charge in [0.15, 0.2) is 0 Å². The highest BCUT2D eigenvalue weighted by Gasteiger charge is 2.22. The predicted octanol–water partition coefficient (Wildman–Crippen LogP) is 3.67. The first kappa shape index (κ1) is 16.7. The van der Waals surface area contributed by atoms with Gasteiger partial charge < -0.3 is 4.74 Å². The number of nitrogens with zero attached hydrogens (tertiary/aromatic N) is 2. The van der Waals surface area contributed by atoms with E-state index in [1.165, 1.54) is 19.2 Å². The van der Waals surface area contributed by atoms with Crippen molar-refractivity contribution in [2.45, 2.75) is 4.90 Å². The van der Waals surface area contributed by atoms with Gasteiger partial charge in [-0.3, -0.25) is 4.72 Å². The van der Waals surface area contributed by atoms with E-state index >= 15 is 0 Å². The molecular weight excluding hydrogens is 370 g/mol. The summed E-state index contributed by atoms with van der Waals surface area (Å²) in [6, 6.07) is 13.7. The summed E-state index contributed by atoms with van der Waals surface area (Å²) in [6.07, 6.45) is 0. The fraction of sp³-hybridized carbons (Fsp3) is 0.0667. The van der Waals surface area contributed by atoms with Gasteiger partial charge in [0.25, 0.3) is 10.0 Å². The summed E-state index contributed by atoms with van der Waals surface area (Å²) in [5.74, 6) is 0.194. The molecule has 0 fully saturated rings. The number of hydrogen-bond donors (Lipinski definition) is 1. The van der Waals surface area contributed by atoms with Crippen LogP contribution in [0.1, 0.15) is 0 Å². The van der Waals surface area contributed by atoms with Gasteiger partial charge in [-0.05, 0) is 18.2 Å². The molecular formula is C15H12ClN3O3S2. The van der Waals surface area contributed by atoms with E-state index in [0.717, 1.165) is 16.9 Å². The van der Waals surface area contributed by atoms with Crippen molar-refractivity contribution in [2.75, 3.05) is 11.8 Å². The monoisotopic (exact) mass is 381 g/mol. The first-order valence-electron chi connectivity index (χ1n) is 6.75. The fourth-order valence-electron chi connectivity index (χ4n) is 1.99. The van der Waals surface area contributed by atoms with Crippen LogP contribution in [0.3, 0.4) is 0 Å². The molecule has 0 amide bonds. The lowest BCUT2D eigenvalue weighted by molar-refractivity contribution is 0.403. The third kappa shape index (κ3) is 3.50. The van der Waals surface area contributed by atoms with Gasteiger partial charge in [-0.15, -0.1) is 10.2 Å². The number of halogens is 1. The summed E-state index contributed by atoms with van der Waals surface area (Å²) >= 11 is 7.03. The van der Waals surface area contributed by atoms with Gasteiger partial charge in [0.05, 0.1) is 7.11 Å². The highest BCUT2D eigenvalue weighted by Crippen LogP contribution is 2.31. The van der Waals surface area contributed by atoms with Crippen LogP contribution in [0.2, 0.25) is 5.02 Å². The van der Waals surface area contributed by atoms with E-state index in [4.69, 9.17) is 16.3 Å². The van der Waals surface area contributed by atoms with Crippen molar-refractivity contribution in [3.63, 3.8) is 0 Å². The minimum atomic E-state index is -3.90. The molecule has 6 nitrogen and oxygen atoms in total. The van der Waals surface area contributed by atoms with Gasteiger partial charge in [0, 0.05) is 10.6 Å². The van der Waals surface area contributed by atoms with Crippen LogP contribution in [-0.4, -0.2) is 25.7 Å². The van der Waals surface area contributed by atoms with Crippen LogP contribution in [0.25, 0.3) is 10.6 Å². The van der Waals surface area contributed by atoms with E-state index < -0.39 is 10.0 Å². The smallest absolute Gasteiger partial charge is 0.267 e. The molecule has 1 aromatic heterocycles. The molecule has 124 valence electrons. The predicted molar refractivity (Wildman–Crippen MR) is 94.2 cm³/mol. The maximum atomic E-state index is 12.6. The largest absolute Gasteiger partial charge is 0.495 e. The average molecular weight is 382 g/mol. The Morgan fingerprint density at radius 2 is 1.88 bits per heavy atom. The van der Waals surface area contributed by atoms with Crippen LogP contribution < -0.4 is 9.46 Å². The number of ether oxygens (including phenoxy) is 1. The van der Waals surface area contributed by atoms with Crippen molar-refractivity contribution in [3.8, 4) is 16.3 Å². The standard InChI is InChI=1S/C15H12ClN3O3S2/c1-22-12-8-7-11(16)9-13(12)24(20,21)19-15-18-17-14(23-15)10-5-3-2-4-6-10/h2-9H,1H3,(H,18,19).